The molecule has 0 saturated heterocycles. The van der Waals surface area contributed by atoms with Crippen molar-refractivity contribution in [3.63, 3.8) is 0 Å². The summed E-state index contributed by atoms with van der Waals surface area (Å²) in [7, 11) is 0. The molecule has 0 aliphatic carbocycles. The van der Waals surface area contributed by atoms with Gasteiger partial charge in [0.25, 0.3) is 5.56 Å². The molecular formula is C14H18N4O. The Hall–Kier alpha value is -2.17. The SMILES string of the molecule is CCc1cccnc1CNc1nccn(CC)c1=O. The molecule has 0 aliphatic heterocycles. The maximum Gasteiger partial charge on any atom is 0.293 e. The van der Waals surface area contributed by atoms with E-state index in [-0.39, 0.29) is 5.56 Å². The number of nitrogens with one attached hydrogen (secondary N) is 1. The first-order chi connectivity index (χ1) is 9.26. The molecule has 0 aliphatic rings. The molecule has 0 radical (unpaired) electrons. The van der Waals surface area contributed by atoms with E-state index in [9.17, 15) is 4.79 Å². The molecule has 5 nitrogen and oxygen atoms in total. The molecule has 0 fully saturated rings. The number of rotatable bonds is 5. The summed E-state index contributed by atoms with van der Waals surface area (Å²) < 4.78 is 1.62. The summed E-state index contributed by atoms with van der Waals surface area (Å²) in [6, 6.07) is 3.97. The fourth-order valence-electron chi connectivity index (χ4n) is 1.94. The second kappa shape index (κ2) is 6.13. The van der Waals surface area contributed by atoms with Crippen LogP contribution in [0.15, 0.2) is 35.5 Å². The van der Waals surface area contributed by atoms with Crippen LogP contribution in [0.25, 0.3) is 0 Å². The molecule has 0 aromatic carbocycles. The zero-order chi connectivity index (χ0) is 13.7. The van der Waals surface area contributed by atoms with E-state index in [1.165, 1.54) is 5.56 Å². The highest BCUT2D eigenvalue weighted by atomic mass is 16.1. The van der Waals surface area contributed by atoms with E-state index < -0.39 is 0 Å². The van der Waals surface area contributed by atoms with Gasteiger partial charge in [0.1, 0.15) is 0 Å². The summed E-state index contributed by atoms with van der Waals surface area (Å²) in [5, 5.41) is 3.07. The number of aryl methyl sites for hydroxylation is 2. The van der Waals surface area contributed by atoms with Crippen LogP contribution in [-0.4, -0.2) is 14.5 Å². The Bertz CT molecular complexity index is 606. The molecule has 2 heterocycles. The van der Waals surface area contributed by atoms with E-state index in [2.05, 4.69) is 22.2 Å². The van der Waals surface area contributed by atoms with Gasteiger partial charge in [-0.3, -0.25) is 9.78 Å². The van der Waals surface area contributed by atoms with Crippen molar-refractivity contribution in [3.05, 3.63) is 52.3 Å². The van der Waals surface area contributed by atoms with Gasteiger partial charge >= 0.3 is 0 Å². The molecule has 0 bridgehead atoms. The van der Waals surface area contributed by atoms with Crippen molar-refractivity contribution in [2.24, 2.45) is 0 Å². The molecule has 2 aromatic heterocycles. The lowest BCUT2D eigenvalue weighted by Crippen LogP contribution is -2.23. The predicted octanol–water partition coefficient (Wildman–Crippen LogP) is 1.83. The first kappa shape index (κ1) is 13.3. The summed E-state index contributed by atoms with van der Waals surface area (Å²) in [6.07, 6.45) is 6.00. The largest absolute Gasteiger partial charge is 0.360 e. The highest BCUT2D eigenvalue weighted by Crippen LogP contribution is 2.07. The summed E-state index contributed by atoms with van der Waals surface area (Å²) in [4.78, 5) is 20.4. The number of hydrogen-bond donors (Lipinski definition) is 1. The lowest BCUT2D eigenvalue weighted by Gasteiger charge is -2.09. The third kappa shape index (κ3) is 2.99. The smallest absolute Gasteiger partial charge is 0.293 e. The first-order valence-electron chi connectivity index (χ1n) is 6.48. The summed E-state index contributed by atoms with van der Waals surface area (Å²) >= 11 is 0. The van der Waals surface area contributed by atoms with Crippen LogP contribution in [0.1, 0.15) is 25.1 Å². The van der Waals surface area contributed by atoms with Crippen molar-refractivity contribution in [2.75, 3.05) is 5.32 Å². The standard InChI is InChI=1S/C14H18N4O/c1-3-11-6-5-7-15-12(11)10-17-13-14(19)18(4-2)9-8-16-13/h5-9H,3-4,10H2,1-2H3,(H,16,17). The lowest BCUT2D eigenvalue weighted by molar-refractivity contribution is 0.718. The van der Waals surface area contributed by atoms with E-state index in [1.807, 2.05) is 19.1 Å². The molecular weight excluding hydrogens is 240 g/mol. The number of anilines is 1. The van der Waals surface area contributed by atoms with E-state index in [0.717, 1.165) is 12.1 Å². The molecule has 2 rings (SSSR count). The van der Waals surface area contributed by atoms with Crippen LogP contribution in [0.3, 0.4) is 0 Å². The van der Waals surface area contributed by atoms with Crippen molar-refractivity contribution in [1.29, 1.82) is 0 Å². The third-order valence-corrected chi connectivity index (χ3v) is 3.04. The number of hydrogen-bond acceptors (Lipinski definition) is 4. The van der Waals surface area contributed by atoms with Gasteiger partial charge in [0.05, 0.1) is 12.2 Å². The second-order valence-corrected chi connectivity index (χ2v) is 4.18. The van der Waals surface area contributed by atoms with E-state index in [4.69, 9.17) is 0 Å². The van der Waals surface area contributed by atoms with Gasteiger partial charge in [0.2, 0.25) is 0 Å². The van der Waals surface area contributed by atoms with Gasteiger partial charge in [-0.1, -0.05) is 13.0 Å². The van der Waals surface area contributed by atoms with E-state index in [1.54, 1.807) is 23.2 Å². The van der Waals surface area contributed by atoms with Gasteiger partial charge in [0.15, 0.2) is 5.82 Å². The van der Waals surface area contributed by atoms with Crippen LogP contribution in [0.4, 0.5) is 5.82 Å². The number of aromatic nitrogens is 3. The molecule has 0 amide bonds. The van der Waals surface area contributed by atoms with Crippen LogP contribution < -0.4 is 10.9 Å². The Kier molecular flexibility index (Phi) is 4.28. The zero-order valence-corrected chi connectivity index (χ0v) is 11.3. The molecule has 5 heteroatoms. The third-order valence-electron chi connectivity index (χ3n) is 3.04. The Labute approximate surface area is 112 Å². The van der Waals surface area contributed by atoms with Crippen molar-refractivity contribution in [2.45, 2.75) is 33.4 Å². The normalized spacial score (nSPS) is 10.4. The molecule has 100 valence electrons. The Morgan fingerprint density at radius 1 is 1.26 bits per heavy atom. The van der Waals surface area contributed by atoms with Gasteiger partial charge in [-0.05, 0) is 25.0 Å². The quantitative estimate of drug-likeness (QED) is 0.889. The van der Waals surface area contributed by atoms with Gasteiger partial charge in [-0.15, -0.1) is 0 Å². The Morgan fingerprint density at radius 2 is 2.11 bits per heavy atom. The van der Waals surface area contributed by atoms with Crippen molar-refractivity contribution >= 4 is 5.82 Å². The fourth-order valence-corrected chi connectivity index (χ4v) is 1.94. The molecule has 0 atom stereocenters. The van der Waals surface area contributed by atoms with Crippen LogP contribution >= 0.6 is 0 Å². The minimum Gasteiger partial charge on any atom is -0.360 e. The van der Waals surface area contributed by atoms with E-state index >= 15 is 0 Å². The molecule has 1 N–H and O–H groups in total. The highest BCUT2D eigenvalue weighted by Gasteiger charge is 2.05. The average Bonchev–Trinajstić information content (AvgIpc) is 2.46. The van der Waals surface area contributed by atoms with Gasteiger partial charge < -0.3 is 9.88 Å². The number of pyridine rings is 1. The minimum absolute atomic E-state index is 0.0982. The van der Waals surface area contributed by atoms with Crippen LogP contribution in [0.2, 0.25) is 0 Å². The molecule has 2 aromatic rings. The van der Waals surface area contributed by atoms with Gasteiger partial charge in [0, 0.05) is 25.1 Å². The monoisotopic (exact) mass is 258 g/mol. The summed E-state index contributed by atoms with van der Waals surface area (Å²) in [5.74, 6) is 0.372. The lowest BCUT2D eigenvalue weighted by atomic mass is 10.1. The maximum absolute atomic E-state index is 12.0. The average molecular weight is 258 g/mol. The summed E-state index contributed by atoms with van der Waals surface area (Å²) in [5.41, 5.74) is 2.04. The van der Waals surface area contributed by atoms with Crippen molar-refractivity contribution < 1.29 is 0 Å². The van der Waals surface area contributed by atoms with E-state index in [0.29, 0.717) is 18.9 Å². The van der Waals surface area contributed by atoms with Crippen LogP contribution in [-0.2, 0) is 19.5 Å². The van der Waals surface area contributed by atoms with Crippen LogP contribution in [0, 0.1) is 0 Å². The predicted molar refractivity (Wildman–Crippen MR) is 75.1 cm³/mol. The van der Waals surface area contributed by atoms with Gasteiger partial charge in [-0.25, -0.2) is 4.98 Å². The summed E-state index contributed by atoms with van der Waals surface area (Å²) in [6.45, 7) is 5.17. The molecule has 0 saturated carbocycles. The Morgan fingerprint density at radius 3 is 2.84 bits per heavy atom. The highest BCUT2D eigenvalue weighted by molar-refractivity contribution is 5.33. The fraction of sp³-hybridized carbons (Fsp3) is 0.357. The van der Waals surface area contributed by atoms with Gasteiger partial charge in [-0.2, -0.15) is 0 Å². The molecule has 19 heavy (non-hydrogen) atoms. The first-order valence-corrected chi connectivity index (χ1v) is 6.48. The van der Waals surface area contributed by atoms with Crippen molar-refractivity contribution in [1.82, 2.24) is 14.5 Å². The molecule has 0 unspecified atom stereocenters. The number of nitrogens with zero attached hydrogens (tertiary/aromatic N) is 3. The minimum atomic E-state index is -0.0982. The van der Waals surface area contributed by atoms with Crippen LogP contribution in [0.5, 0.6) is 0 Å². The maximum atomic E-state index is 12.0. The van der Waals surface area contributed by atoms with Crippen molar-refractivity contribution in [3.8, 4) is 0 Å². The Balaban J connectivity index is 2.17. The zero-order valence-electron chi connectivity index (χ0n) is 11.3. The second-order valence-electron chi connectivity index (χ2n) is 4.18. The topological polar surface area (TPSA) is 59.8 Å². The molecule has 0 spiro atoms.